The van der Waals surface area contributed by atoms with Gasteiger partial charge in [0.2, 0.25) is 5.91 Å². The minimum absolute atomic E-state index is 0.132. The van der Waals surface area contributed by atoms with Crippen LogP contribution in [0.25, 0.3) is 0 Å². The van der Waals surface area contributed by atoms with Crippen molar-refractivity contribution in [2.24, 2.45) is 0 Å². The van der Waals surface area contributed by atoms with Gasteiger partial charge in [0.05, 0.1) is 19.3 Å². The Morgan fingerprint density at radius 1 is 0.478 bits per heavy atom. The first-order valence-corrected chi connectivity index (χ1v) is 20.9. The first-order chi connectivity index (χ1) is 22.7. The normalized spacial score (nSPS) is 12.2. The summed E-state index contributed by atoms with van der Waals surface area (Å²) in [6.45, 7) is 6.50. The van der Waals surface area contributed by atoms with Gasteiger partial charge < -0.3 is 20.4 Å². The summed E-state index contributed by atoms with van der Waals surface area (Å²) in [6, 6.07) is 0. The molecule has 5 nitrogen and oxygen atoms in total. The van der Waals surface area contributed by atoms with Crippen LogP contribution in [0.5, 0.6) is 0 Å². The lowest BCUT2D eigenvalue weighted by atomic mass is 10.0. The Morgan fingerprint density at radius 3 is 1.00 bits per heavy atom. The summed E-state index contributed by atoms with van der Waals surface area (Å²) < 4.78 is 0. The third-order valence-electron chi connectivity index (χ3n) is 9.78. The van der Waals surface area contributed by atoms with Crippen molar-refractivity contribution in [1.82, 2.24) is 10.2 Å². The number of hydrogen-bond acceptors (Lipinski definition) is 4. The van der Waals surface area contributed by atoms with E-state index in [0.717, 1.165) is 25.9 Å². The molecule has 0 aliphatic carbocycles. The Kier molecular flexibility index (Phi) is 38.2. The second kappa shape index (κ2) is 38.8. The molecule has 0 saturated heterocycles. The second-order valence-electron chi connectivity index (χ2n) is 14.5. The van der Waals surface area contributed by atoms with Gasteiger partial charge in [-0.05, 0) is 12.8 Å². The molecule has 0 aliphatic heterocycles. The van der Waals surface area contributed by atoms with Gasteiger partial charge in [-0.15, -0.1) is 0 Å². The zero-order chi connectivity index (χ0) is 33.6. The van der Waals surface area contributed by atoms with Gasteiger partial charge in [-0.1, -0.05) is 206 Å². The molecular weight excluding hydrogens is 568 g/mol. The van der Waals surface area contributed by atoms with E-state index in [0.29, 0.717) is 0 Å². The molecule has 0 fully saturated rings. The van der Waals surface area contributed by atoms with Crippen LogP contribution in [0, 0.1) is 0 Å². The molecule has 5 heteroatoms. The molecule has 0 rings (SSSR count). The predicted molar refractivity (Wildman–Crippen MR) is 202 cm³/mol. The molecule has 0 aromatic carbocycles. The number of carbonyl (C=O) groups is 1. The van der Waals surface area contributed by atoms with E-state index >= 15 is 0 Å². The molecule has 0 aromatic heterocycles. The standard InChI is InChI=1S/C41H84N2O3/c1-3-5-7-9-11-13-15-17-19-21-23-25-27-29-31-33-35-43(41(46)38-42-37-40(45)39-44)36-34-32-30-28-26-24-22-20-18-16-14-12-10-8-6-4-2/h40,42,44-45H,3-39H2,1-2H3. The summed E-state index contributed by atoms with van der Waals surface area (Å²) in [5.41, 5.74) is 0. The SMILES string of the molecule is CCCCCCCCCCCCCCCCCCN(CCCCCCCCCCCCCCCCCC)C(=O)CNCC(O)CO. The minimum atomic E-state index is -0.804. The monoisotopic (exact) mass is 653 g/mol. The van der Waals surface area contributed by atoms with E-state index in [1.54, 1.807) is 0 Å². The van der Waals surface area contributed by atoms with Crippen molar-refractivity contribution >= 4 is 5.91 Å². The highest BCUT2D eigenvalue weighted by molar-refractivity contribution is 5.78. The molecule has 3 N–H and O–H groups in total. The molecule has 0 saturated carbocycles. The highest BCUT2D eigenvalue weighted by Crippen LogP contribution is 2.16. The van der Waals surface area contributed by atoms with Gasteiger partial charge >= 0.3 is 0 Å². The van der Waals surface area contributed by atoms with Crippen LogP contribution in [0.4, 0.5) is 0 Å². The van der Waals surface area contributed by atoms with Gasteiger partial charge in [0, 0.05) is 19.6 Å². The topological polar surface area (TPSA) is 72.8 Å². The third-order valence-corrected chi connectivity index (χ3v) is 9.78. The average Bonchev–Trinajstić information content (AvgIpc) is 3.06. The molecule has 276 valence electrons. The fraction of sp³-hybridized carbons (Fsp3) is 0.976. The van der Waals surface area contributed by atoms with E-state index in [1.165, 1.54) is 193 Å². The fourth-order valence-electron chi connectivity index (χ4n) is 6.58. The maximum Gasteiger partial charge on any atom is 0.236 e. The van der Waals surface area contributed by atoms with E-state index in [2.05, 4.69) is 19.2 Å². The molecule has 0 spiro atoms. The molecular formula is C41H84N2O3. The second-order valence-corrected chi connectivity index (χ2v) is 14.5. The maximum atomic E-state index is 12.9. The predicted octanol–water partition coefficient (Wildman–Crippen LogP) is 11.3. The number of aliphatic hydroxyl groups excluding tert-OH is 2. The number of unbranched alkanes of at least 4 members (excludes halogenated alkanes) is 30. The Morgan fingerprint density at radius 2 is 0.739 bits per heavy atom. The Balaban J connectivity index is 3.88. The molecule has 0 bridgehead atoms. The quantitative estimate of drug-likeness (QED) is 0.0578. The lowest BCUT2D eigenvalue weighted by Crippen LogP contribution is -2.41. The van der Waals surface area contributed by atoms with Crippen molar-refractivity contribution < 1.29 is 15.0 Å². The molecule has 0 aromatic rings. The van der Waals surface area contributed by atoms with Gasteiger partial charge in [-0.25, -0.2) is 0 Å². The average molecular weight is 653 g/mol. The number of carbonyl (C=O) groups excluding carboxylic acids is 1. The van der Waals surface area contributed by atoms with Gasteiger partial charge in [0.25, 0.3) is 0 Å². The van der Waals surface area contributed by atoms with Crippen LogP contribution in [0.1, 0.15) is 219 Å². The number of amides is 1. The maximum absolute atomic E-state index is 12.9. The van der Waals surface area contributed by atoms with Crippen LogP contribution >= 0.6 is 0 Å². The number of nitrogens with one attached hydrogen (secondary N) is 1. The van der Waals surface area contributed by atoms with Crippen molar-refractivity contribution in [3.63, 3.8) is 0 Å². The third kappa shape index (κ3) is 34.7. The molecule has 46 heavy (non-hydrogen) atoms. The van der Waals surface area contributed by atoms with Crippen LogP contribution in [0.15, 0.2) is 0 Å². The van der Waals surface area contributed by atoms with Crippen LogP contribution in [-0.2, 0) is 4.79 Å². The van der Waals surface area contributed by atoms with E-state index in [9.17, 15) is 9.90 Å². The van der Waals surface area contributed by atoms with E-state index in [1.807, 2.05) is 4.90 Å². The molecule has 0 radical (unpaired) electrons. The number of nitrogens with zero attached hydrogens (tertiary/aromatic N) is 1. The summed E-state index contributed by atoms with van der Waals surface area (Å²) in [4.78, 5) is 15.0. The van der Waals surface area contributed by atoms with Gasteiger partial charge in [0.1, 0.15) is 0 Å². The summed E-state index contributed by atoms with van der Waals surface area (Å²) in [6.07, 6.45) is 42.7. The minimum Gasteiger partial charge on any atom is -0.394 e. The number of hydrogen-bond donors (Lipinski definition) is 3. The van der Waals surface area contributed by atoms with E-state index in [4.69, 9.17) is 5.11 Å². The number of aliphatic hydroxyl groups is 2. The lowest BCUT2D eigenvalue weighted by molar-refractivity contribution is -0.130. The number of rotatable bonds is 39. The fourth-order valence-corrected chi connectivity index (χ4v) is 6.58. The zero-order valence-electron chi connectivity index (χ0n) is 31.5. The smallest absolute Gasteiger partial charge is 0.236 e. The van der Waals surface area contributed by atoms with Crippen molar-refractivity contribution in [2.75, 3.05) is 32.8 Å². The molecule has 0 aliphatic rings. The highest BCUT2D eigenvalue weighted by atomic mass is 16.3. The van der Waals surface area contributed by atoms with Crippen LogP contribution < -0.4 is 5.32 Å². The Hall–Kier alpha value is -0.650. The summed E-state index contributed by atoms with van der Waals surface area (Å²) in [5.74, 6) is 0.132. The van der Waals surface area contributed by atoms with Crippen molar-refractivity contribution in [2.45, 2.75) is 225 Å². The first-order valence-electron chi connectivity index (χ1n) is 20.9. The molecule has 1 atom stereocenters. The summed E-state index contributed by atoms with van der Waals surface area (Å²) in [7, 11) is 0. The Bertz CT molecular complexity index is 552. The molecule has 1 amide bonds. The van der Waals surface area contributed by atoms with Gasteiger partial charge in [0.15, 0.2) is 0 Å². The molecule has 0 heterocycles. The van der Waals surface area contributed by atoms with E-state index in [-0.39, 0.29) is 25.6 Å². The van der Waals surface area contributed by atoms with Crippen LogP contribution in [0.2, 0.25) is 0 Å². The lowest BCUT2D eigenvalue weighted by Gasteiger charge is -2.23. The van der Waals surface area contributed by atoms with Crippen LogP contribution in [0.3, 0.4) is 0 Å². The van der Waals surface area contributed by atoms with Gasteiger partial charge in [-0.2, -0.15) is 0 Å². The Labute approximate surface area is 288 Å². The van der Waals surface area contributed by atoms with Crippen molar-refractivity contribution in [1.29, 1.82) is 0 Å². The summed E-state index contributed by atoms with van der Waals surface area (Å²) in [5, 5.41) is 21.7. The largest absolute Gasteiger partial charge is 0.394 e. The van der Waals surface area contributed by atoms with E-state index < -0.39 is 6.10 Å². The first kappa shape index (κ1) is 45.3. The zero-order valence-corrected chi connectivity index (χ0v) is 31.5. The van der Waals surface area contributed by atoms with Crippen molar-refractivity contribution in [3.05, 3.63) is 0 Å². The highest BCUT2D eigenvalue weighted by Gasteiger charge is 2.13. The van der Waals surface area contributed by atoms with Crippen LogP contribution in [-0.4, -0.2) is 59.9 Å². The van der Waals surface area contributed by atoms with Crippen molar-refractivity contribution in [3.8, 4) is 0 Å². The van der Waals surface area contributed by atoms with Gasteiger partial charge in [-0.3, -0.25) is 4.79 Å². The summed E-state index contributed by atoms with van der Waals surface area (Å²) >= 11 is 0. The molecule has 1 unspecified atom stereocenters.